The number of carbonyl (C=O) groups is 1. The van der Waals surface area contributed by atoms with E-state index in [-0.39, 0.29) is 17.1 Å². The normalized spacial score (nSPS) is 15.9. The summed E-state index contributed by atoms with van der Waals surface area (Å²) in [7, 11) is 0. The Hall–Kier alpha value is -3.06. The zero-order valence-electron chi connectivity index (χ0n) is 20.2. The first kappa shape index (κ1) is 24.1. The minimum atomic E-state index is -0.129. The van der Waals surface area contributed by atoms with Gasteiger partial charge in [0.15, 0.2) is 11.5 Å². The Morgan fingerprint density at radius 1 is 1.35 bits per heavy atom. The lowest BCUT2D eigenvalue weighted by atomic mass is 9.72. The van der Waals surface area contributed by atoms with Gasteiger partial charge in [0.05, 0.1) is 25.0 Å². The van der Waals surface area contributed by atoms with E-state index in [1.54, 1.807) is 42.0 Å². The summed E-state index contributed by atoms with van der Waals surface area (Å²) in [6, 6.07) is 8.78. The van der Waals surface area contributed by atoms with Gasteiger partial charge in [0.1, 0.15) is 10.8 Å². The van der Waals surface area contributed by atoms with E-state index in [2.05, 4.69) is 26.1 Å². The largest absolute Gasteiger partial charge is 0.504 e. The SMILES string of the molecule is CCOc1cc(C=Nc2sc3c(c2C(=O)NCc2ccco2)CC[C@H](C(C)(C)C)C3)ccc1O. The van der Waals surface area contributed by atoms with Crippen molar-refractivity contribution in [3.05, 3.63) is 63.9 Å². The fourth-order valence-corrected chi connectivity index (χ4v) is 5.59. The molecule has 1 aliphatic rings. The third kappa shape index (κ3) is 5.36. The third-order valence-electron chi connectivity index (χ3n) is 6.32. The van der Waals surface area contributed by atoms with Crippen molar-refractivity contribution in [1.82, 2.24) is 5.32 Å². The number of ether oxygens (including phenoxy) is 1. The van der Waals surface area contributed by atoms with Gasteiger partial charge in [0.2, 0.25) is 0 Å². The van der Waals surface area contributed by atoms with Crippen LogP contribution in [0.5, 0.6) is 11.5 Å². The first-order chi connectivity index (χ1) is 16.3. The number of furan rings is 1. The summed E-state index contributed by atoms with van der Waals surface area (Å²) in [6.45, 7) is 9.52. The fourth-order valence-electron chi connectivity index (χ4n) is 4.32. The molecule has 7 heteroatoms. The summed E-state index contributed by atoms with van der Waals surface area (Å²) >= 11 is 1.61. The van der Waals surface area contributed by atoms with Crippen LogP contribution >= 0.6 is 11.3 Å². The Morgan fingerprint density at radius 3 is 2.88 bits per heavy atom. The molecule has 0 radical (unpaired) electrons. The number of amides is 1. The van der Waals surface area contributed by atoms with Crippen molar-refractivity contribution in [2.75, 3.05) is 6.61 Å². The Morgan fingerprint density at radius 2 is 2.18 bits per heavy atom. The van der Waals surface area contributed by atoms with Gasteiger partial charge in [-0.25, -0.2) is 4.99 Å². The average Bonchev–Trinajstić information content (AvgIpc) is 3.44. The number of rotatable bonds is 7. The number of phenols is 1. The number of hydrogen-bond donors (Lipinski definition) is 2. The highest BCUT2D eigenvalue weighted by Gasteiger charge is 2.33. The molecule has 180 valence electrons. The molecule has 0 fully saturated rings. The van der Waals surface area contributed by atoms with E-state index in [0.717, 1.165) is 30.4 Å². The van der Waals surface area contributed by atoms with Crippen LogP contribution in [0.15, 0.2) is 46.0 Å². The van der Waals surface area contributed by atoms with E-state index in [9.17, 15) is 9.90 Å². The number of hydrogen-bond acceptors (Lipinski definition) is 6. The molecule has 0 aliphatic heterocycles. The van der Waals surface area contributed by atoms with Crippen molar-refractivity contribution in [3.8, 4) is 11.5 Å². The monoisotopic (exact) mass is 480 g/mol. The quantitative estimate of drug-likeness (QED) is 0.390. The van der Waals surface area contributed by atoms with E-state index in [4.69, 9.17) is 14.1 Å². The topological polar surface area (TPSA) is 84.1 Å². The molecule has 2 N–H and O–H groups in total. The van der Waals surface area contributed by atoms with Gasteiger partial charge < -0.3 is 19.6 Å². The lowest BCUT2D eigenvalue weighted by molar-refractivity contribution is 0.0947. The molecule has 1 aromatic carbocycles. The number of carbonyl (C=O) groups excluding carboxylic acids is 1. The van der Waals surface area contributed by atoms with Crippen LogP contribution in [0.1, 0.15) is 66.2 Å². The maximum Gasteiger partial charge on any atom is 0.255 e. The molecular weight excluding hydrogens is 448 g/mol. The van der Waals surface area contributed by atoms with Crippen molar-refractivity contribution in [3.63, 3.8) is 0 Å². The van der Waals surface area contributed by atoms with Crippen LogP contribution < -0.4 is 10.1 Å². The van der Waals surface area contributed by atoms with Crippen LogP contribution in [0.3, 0.4) is 0 Å². The summed E-state index contributed by atoms with van der Waals surface area (Å²) in [5.41, 5.74) is 2.80. The number of benzene rings is 1. The zero-order valence-corrected chi connectivity index (χ0v) is 21.0. The summed E-state index contributed by atoms with van der Waals surface area (Å²) in [6.07, 6.45) is 6.23. The van der Waals surface area contributed by atoms with Crippen LogP contribution in [-0.4, -0.2) is 23.8 Å². The van der Waals surface area contributed by atoms with Crippen molar-refractivity contribution in [2.45, 2.75) is 53.5 Å². The van der Waals surface area contributed by atoms with E-state index < -0.39 is 0 Å². The first-order valence-corrected chi connectivity index (χ1v) is 12.5. The highest BCUT2D eigenvalue weighted by Crippen LogP contribution is 2.45. The van der Waals surface area contributed by atoms with Gasteiger partial charge in [0, 0.05) is 11.1 Å². The second-order valence-corrected chi connectivity index (χ2v) is 10.8. The van der Waals surface area contributed by atoms with Crippen molar-refractivity contribution < 1.29 is 19.1 Å². The predicted octanol–water partition coefficient (Wildman–Crippen LogP) is 6.28. The van der Waals surface area contributed by atoms with Crippen molar-refractivity contribution >= 4 is 28.5 Å². The lowest BCUT2D eigenvalue weighted by Gasteiger charge is -2.33. The summed E-state index contributed by atoms with van der Waals surface area (Å²) in [5.74, 6) is 1.66. The molecule has 1 aliphatic carbocycles. The number of aromatic hydroxyl groups is 1. The molecule has 3 aromatic rings. The minimum absolute atomic E-state index is 0.0943. The number of phenolic OH excluding ortho intramolecular Hbond substituents is 1. The van der Waals surface area contributed by atoms with E-state index in [1.807, 2.05) is 19.1 Å². The first-order valence-electron chi connectivity index (χ1n) is 11.7. The molecule has 6 nitrogen and oxygen atoms in total. The van der Waals surface area contributed by atoms with E-state index in [0.29, 0.717) is 41.1 Å². The second kappa shape index (κ2) is 10.1. The molecule has 0 bridgehead atoms. The summed E-state index contributed by atoms with van der Waals surface area (Å²) in [4.78, 5) is 19.3. The zero-order chi connectivity index (χ0) is 24.3. The molecule has 1 atom stereocenters. The predicted molar refractivity (Wildman–Crippen MR) is 136 cm³/mol. The molecule has 0 saturated heterocycles. The number of nitrogens with zero attached hydrogens (tertiary/aromatic N) is 1. The summed E-state index contributed by atoms with van der Waals surface area (Å²) < 4.78 is 10.9. The highest BCUT2D eigenvalue weighted by atomic mass is 32.1. The molecule has 0 unspecified atom stereocenters. The van der Waals surface area contributed by atoms with Crippen molar-refractivity contribution in [1.29, 1.82) is 0 Å². The number of aliphatic imine (C=N–C) groups is 1. The molecule has 2 aromatic heterocycles. The van der Waals surface area contributed by atoms with Gasteiger partial charge in [-0.05, 0) is 79.0 Å². The Bertz CT molecular complexity index is 1170. The van der Waals surface area contributed by atoms with Gasteiger partial charge in [-0.2, -0.15) is 0 Å². The van der Waals surface area contributed by atoms with E-state index in [1.165, 1.54) is 4.88 Å². The average molecular weight is 481 g/mol. The molecule has 4 rings (SSSR count). The maximum atomic E-state index is 13.3. The van der Waals surface area contributed by atoms with Crippen molar-refractivity contribution in [2.24, 2.45) is 16.3 Å². The van der Waals surface area contributed by atoms with Gasteiger partial charge in [-0.3, -0.25) is 4.79 Å². The van der Waals surface area contributed by atoms with Gasteiger partial charge in [0.25, 0.3) is 5.91 Å². The third-order valence-corrected chi connectivity index (χ3v) is 7.48. The van der Waals surface area contributed by atoms with Crippen LogP contribution in [0.4, 0.5) is 5.00 Å². The molecule has 1 amide bonds. The smallest absolute Gasteiger partial charge is 0.255 e. The lowest BCUT2D eigenvalue weighted by Crippen LogP contribution is -2.28. The standard InChI is InChI=1S/C27H32N2O4S/c1-5-32-22-13-17(8-11-21(22)30)15-29-26-24(25(31)28-16-19-7-6-12-33-19)20-10-9-18(27(2,3)4)14-23(20)34-26/h6-8,11-13,15,18,30H,5,9-10,14,16H2,1-4H3,(H,28,31)/t18-/m0/s1. The number of fused-ring (bicyclic) bond motifs is 1. The molecular formula is C27H32N2O4S. The number of thiophene rings is 1. The molecule has 2 heterocycles. The van der Waals surface area contributed by atoms with Crippen LogP contribution in [0.25, 0.3) is 0 Å². The summed E-state index contributed by atoms with van der Waals surface area (Å²) in [5, 5.41) is 13.7. The van der Waals surface area contributed by atoms with Crippen LogP contribution in [0, 0.1) is 11.3 Å². The van der Waals surface area contributed by atoms with E-state index >= 15 is 0 Å². The Balaban J connectivity index is 1.65. The van der Waals surface area contributed by atoms with Gasteiger partial charge >= 0.3 is 0 Å². The van der Waals surface area contributed by atoms with Gasteiger partial charge in [-0.1, -0.05) is 20.8 Å². The fraction of sp³-hybridized carbons (Fsp3) is 0.407. The number of nitrogens with one attached hydrogen (secondary N) is 1. The molecule has 0 spiro atoms. The second-order valence-electron chi connectivity index (χ2n) is 9.67. The maximum absolute atomic E-state index is 13.3. The molecule has 0 saturated carbocycles. The minimum Gasteiger partial charge on any atom is -0.504 e. The highest BCUT2D eigenvalue weighted by molar-refractivity contribution is 7.16. The van der Waals surface area contributed by atoms with Gasteiger partial charge in [-0.15, -0.1) is 11.3 Å². The molecule has 34 heavy (non-hydrogen) atoms. The Labute approximate surface area is 204 Å². The Kier molecular flexibility index (Phi) is 7.12. The van der Waals surface area contributed by atoms with Crippen LogP contribution in [-0.2, 0) is 19.4 Å². The van der Waals surface area contributed by atoms with Crippen LogP contribution in [0.2, 0.25) is 0 Å².